The van der Waals surface area contributed by atoms with Crippen LogP contribution < -0.4 is 5.32 Å². The van der Waals surface area contributed by atoms with E-state index in [0.29, 0.717) is 6.04 Å². The molecule has 0 aliphatic carbocycles. The van der Waals surface area contributed by atoms with Gasteiger partial charge in [0.15, 0.2) is 11.5 Å². The fraction of sp³-hybridized carbons (Fsp3) is 0.300. The van der Waals surface area contributed by atoms with Crippen molar-refractivity contribution in [3.63, 3.8) is 0 Å². The van der Waals surface area contributed by atoms with E-state index in [-0.39, 0.29) is 0 Å². The van der Waals surface area contributed by atoms with E-state index in [0.717, 1.165) is 61.0 Å². The molecule has 142 valence electrons. The summed E-state index contributed by atoms with van der Waals surface area (Å²) in [6.07, 6.45) is 4.04. The molecule has 1 saturated heterocycles. The zero-order valence-corrected chi connectivity index (χ0v) is 16.2. The Labute approximate surface area is 167 Å². The molecule has 1 aliphatic heterocycles. The third-order valence-corrected chi connectivity index (χ3v) is 5.78. The molecule has 1 fully saturated rings. The Morgan fingerprint density at radius 1 is 1.07 bits per heavy atom. The Bertz CT molecular complexity index is 1040. The number of anilines is 1. The van der Waals surface area contributed by atoms with E-state index < -0.39 is 0 Å². The predicted octanol–water partition coefficient (Wildman–Crippen LogP) is 3.32. The second-order valence-electron chi connectivity index (χ2n) is 7.04. The number of hydrogen-bond acceptors (Lipinski definition) is 7. The normalized spacial score (nSPS) is 15.9. The summed E-state index contributed by atoms with van der Waals surface area (Å²) in [6.45, 7) is 3.04. The van der Waals surface area contributed by atoms with Crippen molar-refractivity contribution in [1.29, 1.82) is 0 Å². The van der Waals surface area contributed by atoms with Crippen molar-refractivity contribution >= 4 is 22.8 Å². The number of likely N-dealkylation sites (tertiary alicyclic amines) is 1. The van der Waals surface area contributed by atoms with Gasteiger partial charge in [-0.2, -0.15) is 15.9 Å². The Kier molecular flexibility index (Phi) is 4.72. The van der Waals surface area contributed by atoms with Crippen molar-refractivity contribution in [2.75, 3.05) is 18.4 Å². The van der Waals surface area contributed by atoms with Gasteiger partial charge < -0.3 is 5.32 Å². The molecule has 7 nitrogen and oxygen atoms in total. The summed E-state index contributed by atoms with van der Waals surface area (Å²) in [6, 6.07) is 12.5. The lowest BCUT2D eigenvalue weighted by Crippen LogP contribution is -2.39. The van der Waals surface area contributed by atoms with Gasteiger partial charge >= 0.3 is 0 Å². The van der Waals surface area contributed by atoms with Crippen molar-refractivity contribution < 1.29 is 0 Å². The second-order valence-corrected chi connectivity index (χ2v) is 7.82. The number of nitrogens with one attached hydrogen (secondary N) is 1. The summed E-state index contributed by atoms with van der Waals surface area (Å²) in [7, 11) is 0. The molecule has 4 aromatic heterocycles. The van der Waals surface area contributed by atoms with E-state index in [1.54, 1.807) is 11.3 Å². The first-order valence-corrected chi connectivity index (χ1v) is 10.4. The molecule has 0 saturated carbocycles. The Hall–Kier alpha value is -2.84. The Morgan fingerprint density at radius 2 is 2.00 bits per heavy atom. The fourth-order valence-corrected chi connectivity index (χ4v) is 4.24. The van der Waals surface area contributed by atoms with Crippen LogP contribution in [-0.2, 0) is 6.54 Å². The summed E-state index contributed by atoms with van der Waals surface area (Å²) in [5.74, 6) is 1.65. The van der Waals surface area contributed by atoms with Crippen molar-refractivity contribution in [2.45, 2.75) is 25.4 Å². The molecule has 28 heavy (non-hydrogen) atoms. The minimum absolute atomic E-state index is 0.422. The van der Waals surface area contributed by atoms with Crippen molar-refractivity contribution in [2.24, 2.45) is 0 Å². The molecule has 0 aromatic carbocycles. The average molecular weight is 392 g/mol. The number of nitrogens with zero attached hydrogens (tertiary/aromatic N) is 6. The first kappa shape index (κ1) is 17.3. The van der Waals surface area contributed by atoms with Crippen LogP contribution in [0.15, 0.2) is 53.4 Å². The zero-order chi connectivity index (χ0) is 18.8. The third-order valence-electron chi connectivity index (χ3n) is 5.09. The molecule has 0 unspecified atom stereocenters. The van der Waals surface area contributed by atoms with Gasteiger partial charge in [0, 0.05) is 42.8 Å². The second kappa shape index (κ2) is 7.65. The van der Waals surface area contributed by atoms with Gasteiger partial charge in [-0.3, -0.25) is 9.88 Å². The Balaban J connectivity index is 1.24. The average Bonchev–Trinajstić information content (AvgIpc) is 3.39. The minimum Gasteiger partial charge on any atom is -0.366 e. The maximum Gasteiger partial charge on any atom is 0.186 e. The maximum atomic E-state index is 4.73. The highest BCUT2D eigenvalue weighted by atomic mass is 32.1. The van der Waals surface area contributed by atoms with Gasteiger partial charge in [-0.05, 0) is 48.6 Å². The van der Waals surface area contributed by atoms with Crippen molar-refractivity contribution in [1.82, 2.24) is 29.7 Å². The monoisotopic (exact) mass is 391 g/mol. The first-order chi connectivity index (χ1) is 13.8. The van der Waals surface area contributed by atoms with Gasteiger partial charge in [-0.15, -0.1) is 15.3 Å². The molecule has 0 amide bonds. The summed E-state index contributed by atoms with van der Waals surface area (Å²) in [5.41, 5.74) is 2.94. The molecule has 4 aromatic rings. The highest BCUT2D eigenvalue weighted by Crippen LogP contribution is 2.22. The lowest BCUT2D eigenvalue weighted by atomic mass is 10.0. The van der Waals surface area contributed by atoms with Gasteiger partial charge in [0.1, 0.15) is 5.82 Å². The highest BCUT2D eigenvalue weighted by Gasteiger charge is 2.20. The quantitative estimate of drug-likeness (QED) is 0.563. The van der Waals surface area contributed by atoms with E-state index in [1.165, 1.54) is 0 Å². The molecular formula is C20H21N7S. The van der Waals surface area contributed by atoms with E-state index in [1.807, 2.05) is 46.4 Å². The van der Waals surface area contributed by atoms with Gasteiger partial charge in [0.25, 0.3) is 0 Å². The first-order valence-electron chi connectivity index (χ1n) is 9.49. The van der Waals surface area contributed by atoms with Crippen molar-refractivity contribution in [3.8, 4) is 11.4 Å². The maximum absolute atomic E-state index is 4.73. The summed E-state index contributed by atoms with van der Waals surface area (Å²) in [4.78, 5) is 6.90. The predicted molar refractivity (Wildman–Crippen MR) is 110 cm³/mol. The Morgan fingerprint density at radius 3 is 2.79 bits per heavy atom. The topological polar surface area (TPSA) is 71.2 Å². The highest BCUT2D eigenvalue weighted by molar-refractivity contribution is 7.08. The van der Waals surface area contributed by atoms with E-state index in [4.69, 9.17) is 5.10 Å². The SMILES string of the molecule is c1ccc(CN2CCC(Nc3ccc4nnc(-c5ccsc5)n4n3)CC2)nc1. The lowest BCUT2D eigenvalue weighted by molar-refractivity contribution is 0.209. The summed E-state index contributed by atoms with van der Waals surface area (Å²) >= 11 is 1.65. The zero-order valence-electron chi connectivity index (χ0n) is 15.4. The summed E-state index contributed by atoms with van der Waals surface area (Å²) in [5, 5.41) is 20.9. The molecular weight excluding hydrogens is 370 g/mol. The third kappa shape index (κ3) is 3.61. The molecule has 5 heterocycles. The van der Waals surface area contributed by atoms with Crippen LogP contribution in [0.5, 0.6) is 0 Å². The minimum atomic E-state index is 0.422. The molecule has 0 atom stereocenters. The lowest BCUT2D eigenvalue weighted by Gasteiger charge is -2.32. The van der Waals surface area contributed by atoms with E-state index in [9.17, 15) is 0 Å². The van der Waals surface area contributed by atoms with Gasteiger partial charge in [0.05, 0.1) is 5.69 Å². The molecule has 8 heteroatoms. The van der Waals surface area contributed by atoms with Gasteiger partial charge in [0.2, 0.25) is 0 Å². The number of pyridine rings is 1. The van der Waals surface area contributed by atoms with Crippen LogP contribution in [0.4, 0.5) is 5.82 Å². The number of hydrogen-bond donors (Lipinski definition) is 1. The standard InChI is InChI=1S/C20H21N7S/c1-2-9-21-17(3-1)13-26-10-6-16(7-11-26)22-18-4-5-19-23-24-20(27(19)25-18)15-8-12-28-14-15/h1-5,8-9,12,14,16H,6-7,10-11,13H2,(H,22,25). The molecule has 1 N–H and O–H groups in total. The molecule has 1 aliphatic rings. The number of rotatable bonds is 5. The molecule has 0 bridgehead atoms. The number of thiophene rings is 1. The van der Waals surface area contributed by atoms with Crippen LogP contribution >= 0.6 is 11.3 Å². The number of aromatic nitrogens is 5. The van der Waals surface area contributed by atoms with Gasteiger partial charge in [-0.1, -0.05) is 6.07 Å². The number of fused-ring (bicyclic) bond motifs is 1. The van der Waals surface area contributed by atoms with Crippen molar-refractivity contribution in [3.05, 3.63) is 59.0 Å². The van der Waals surface area contributed by atoms with Crippen LogP contribution in [0.2, 0.25) is 0 Å². The summed E-state index contributed by atoms with van der Waals surface area (Å²) < 4.78 is 1.82. The van der Waals surface area contributed by atoms with Crippen LogP contribution in [-0.4, -0.2) is 48.8 Å². The van der Waals surface area contributed by atoms with Crippen LogP contribution in [0, 0.1) is 0 Å². The fourth-order valence-electron chi connectivity index (χ4n) is 3.60. The van der Waals surface area contributed by atoms with Crippen LogP contribution in [0.25, 0.3) is 17.0 Å². The van der Waals surface area contributed by atoms with Crippen LogP contribution in [0.1, 0.15) is 18.5 Å². The largest absolute Gasteiger partial charge is 0.366 e. The number of piperidine rings is 1. The molecule has 5 rings (SSSR count). The van der Waals surface area contributed by atoms with Gasteiger partial charge in [-0.25, -0.2) is 0 Å². The molecule has 0 spiro atoms. The van der Waals surface area contributed by atoms with E-state index >= 15 is 0 Å². The van der Waals surface area contributed by atoms with E-state index in [2.05, 4.69) is 36.8 Å². The van der Waals surface area contributed by atoms with Crippen LogP contribution in [0.3, 0.4) is 0 Å². The smallest absolute Gasteiger partial charge is 0.186 e. The molecule has 0 radical (unpaired) electrons.